The van der Waals surface area contributed by atoms with Crippen LogP contribution < -0.4 is 16.4 Å². The van der Waals surface area contributed by atoms with E-state index in [0.29, 0.717) is 19.6 Å². The highest BCUT2D eigenvalue weighted by Gasteiger charge is 2.29. The van der Waals surface area contributed by atoms with E-state index in [2.05, 4.69) is 29.7 Å². The van der Waals surface area contributed by atoms with Gasteiger partial charge in [0.2, 0.25) is 11.8 Å². The first-order valence-corrected chi connectivity index (χ1v) is 14.5. The number of nitrogens with two attached hydrogens (primary N) is 1. The fourth-order valence-corrected chi connectivity index (χ4v) is 3.97. The number of rotatable bonds is 14. The molecule has 0 aliphatic rings. The zero-order valence-corrected chi connectivity index (χ0v) is 25.7. The van der Waals surface area contributed by atoms with Crippen LogP contribution in [0.15, 0.2) is 48.5 Å². The number of primary amides is 1. The first-order valence-electron chi connectivity index (χ1n) is 14.5. The summed E-state index contributed by atoms with van der Waals surface area (Å²) in [7, 11) is 0. The molecule has 232 valence electrons. The molecule has 0 aliphatic heterocycles. The van der Waals surface area contributed by atoms with Gasteiger partial charge in [-0.1, -0.05) is 70.5 Å². The highest BCUT2D eigenvalue weighted by molar-refractivity contribution is 6.04. The van der Waals surface area contributed by atoms with E-state index in [4.69, 9.17) is 5.73 Å². The van der Waals surface area contributed by atoms with Crippen LogP contribution in [-0.2, 0) is 4.79 Å². The minimum atomic E-state index is -1.41. The van der Waals surface area contributed by atoms with E-state index in [1.807, 2.05) is 45.9 Å². The van der Waals surface area contributed by atoms with Crippen LogP contribution >= 0.6 is 0 Å². The number of hydrogen-bond donors (Lipinski definition) is 5. The molecule has 0 saturated carbocycles. The van der Waals surface area contributed by atoms with Crippen LogP contribution in [0.5, 0.6) is 0 Å². The van der Waals surface area contributed by atoms with Crippen molar-refractivity contribution in [3.63, 3.8) is 0 Å². The molecule has 0 saturated heterocycles. The number of nitrogens with one attached hydrogen (secondary N) is 2. The van der Waals surface area contributed by atoms with Crippen LogP contribution in [0.25, 0.3) is 0 Å². The summed E-state index contributed by atoms with van der Waals surface area (Å²) in [6.07, 6.45) is -1.32. The molecule has 3 atom stereocenters. The third-order valence-electron chi connectivity index (χ3n) is 6.42. The van der Waals surface area contributed by atoms with Crippen LogP contribution in [0.1, 0.15) is 84.1 Å². The van der Waals surface area contributed by atoms with E-state index < -0.39 is 35.8 Å². The maximum atomic E-state index is 13.0. The van der Waals surface area contributed by atoms with Crippen LogP contribution in [0.3, 0.4) is 0 Å². The van der Waals surface area contributed by atoms with Gasteiger partial charge in [0.25, 0.3) is 11.8 Å². The summed E-state index contributed by atoms with van der Waals surface area (Å²) >= 11 is 0. The van der Waals surface area contributed by atoms with Crippen molar-refractivity contribution in [2.75, 3.05) is 26.2 Å². The first-order chi connectivity index (χ1) is 19.8. The molecule has 6 N–H and O–H groups in total. The Labute approximate surface area is 249 Å². The summed E-state index contributed by atoms with van der Waals surface area (Å²) in [4.78, 5) is 51.4. The number of benzene rings is 2. The van der Waals surface area contributed by atoms with Crippen molar-refractivity contribution in [2.45, 2.75) is 66.6 Å². The summed E-state index contributed by atoms with van der Waals surface area (Å²) in [6.45, 7) is 12.5. The van der Waals surface area contributed by atoms with Gasteiger partial charge in [0.05, 0.1) is 18.1 Å². The zero-order valence-electron chi connectivity index (χ0n) is 25.7. The van der Waals surface area contributed by atoms with Gasteiger partial charge in [0.15, 0.2) is 0 Å². The molecule has 0 radical (unpaired) electrons. The van der Waals surface area contributed by atoms with Crippen molar-refractivity contribution in [3.05, 3.63) is 70.8 Å². The fraction of sp³-hybridized carbons (Fsp3) is 0.500. The number of aryl methyl sites for hydroxylation is 1. The number of carbonyl (C=O) groups is 4. The van der Waals surface area contributed by atoms with Crippen molar-refractivity contribution < 1.29 is 29.4 Å². The van der Waals surface area contributed by atoms with Crippen molar-refractivity contribution in [2.24, 2.45) is 17.6 Å². The Kier molecular flexibility index (Phi) is 16.1. The van der Waals surface area contributed by atoms with Crippen LogP contribution in [0.4, 0.5) is 0 Å². The lowest BCUT2D eigenvalue weighted by Crippen LogP contribution is -2.46. The molecule has 10 heteroatoms. The Morgan fingerprint density at radius 3 is 1.86 bits per heavy atom. The van der Waals surface area contributed by atoms with Gasteiger partial charge in [-0.15, -0.1) is 0 Å². The molecule has 3 unspecified atom stereocenters. The molecule has 2 aromatic carbocycles. The van der Waals surface area contributed by atoms with E-state index >= 15 is 0 Å². The van der Waals surface area contributed by atoms with Crippen LogP contribution in [0.2, 0.25) is 0 Å². The summed E-state index contributed by atoms with van der Waals surface area (Å²) in [5, 5.41) is 25.8. The first kappa shape index (κ1) is 36.3. The minimum Gasteiger partial charge on any atom is -0.390 e. The molecule has 0 aromatic heterocycles. The third kappa shape index (κ3) is 12.4. The lowest BCUT2D eigenvalue weighted by Gasteiger charge is -2.24. The molecule has 0 fully saturated rings. The second kappa shape index (κ2) is 18.6. The van der Waals surface area contributed by atoms with Crippen LogP contribution in [-0.4, -0.2) is 77.1 Å². The Bertz CT molecular complexity index is 1150. The average molecular weight is 585 g/mol. The van der Waals surface area contributed by atoms with Crippen LogP contribution in [0, 0.1) is 18.8 Å². The highest BCUT2D eigenvalue weighted by atomic mass is 16.3. The van der Waals surface area contributed by atoms with Gasteiger partial charge in [-0.25, -0.2) is 0 Å². The summed E-state index contributed by atoms with van der Waals surface area (Å²) < 4.78 is 0. The van der Waals surface area contributed by atoms with Gasteiger partial charge in [0.1, 0.15) is 0 Å². The van der Waals surface area contributed by atoms with Crippen molar-refractivity contribution in [3.8, 4) is 0 Å². The lowest BCUT2D eigenvalue weighted by molar-refractivity contribution is -0.131. The van der Waals surface area contributed by atoms with Gasteiger partial charge >= 0.3 is 0 Å². The van der Waals surface area contributed by atoms with Gasteiger partial charge in [-0.3, -0.25) is 19.2 Å². The van der Waals surface area contributed by atoms with Gasteiger partial charge in [0, 0.05) is 42.9 Å². The molecule has 0 bridgehead atoms. The van der Waals surface area contributed by atoms with E-state index in [9.17, 15) is 29.4 Å². The van der Waals surface area contributed by atoms with E-state index in [1.54, 1.807) is 4.90 Å². The molecule has 2 aromatic rings. The van der Waals surface area contributed by atoms with E-state index in [1.165, 1.54) is 30.7 Å². The van der Waals surface area contributed by atoms with E-state index in [-0.39, 0.29) is 35.1 Å². The largest absolute Gasteiger partial charge is 0.390 e. The number of aliphatic hydroxyl groups excluding tert-OH is 2. The fourth-order valence-electron chi connectivity index (χ4n) is 3.97. The number of carbonyl (C=O) groups excluding carboxylic acids is 4. The number of hydrogen-bond acceptors (Lipinski definition) is 6. The smallest absolute Gasteiger partial charge is 0.253 e. The lowest BCUT2D eigenvalue weighted by atomic mass is 9.98. The molecular weight excluding hydrogens is 536 g/mol. The predicted octanol–water partition coefficient (Wildman–Crippen LogP) is 2.90. The molecule has 42 heavy (non-hydrogen) atoms. The van der Waals surface area contributed by atoms with Crippen molar-refractivity contribution in [1.82, 2.24) is 15.5 Å². The van der Waals surface area contributed by atoms with Crippen molar-refractivity contribution in [1.29, 1.82) is 0 Å². The monoisotopic (exact) mass is 584 g/mol. The van der Waals surface area contributed by atoms with Gasteiger partial charge in [-0.05, 0) is 43.9 Å². The summed E-state index contributed by atoms with van der Waals surface area (Å²) in [6, 6.07) is 14.3. The summed E-state index contributed by atoms with van der Waals surface area (Å²) in [5.41, 5.74) is 6.90. The van der Waals surface area contributed by atoms with Crippen molar-refractivity contribution >= 4 is 23.6 Å². The standard InChI is InChI=1S/C25H40N4O6.C7H8/c1-6-8-29(9-7-2)25(35)19-11-17(22(26)32)10-18(12-19)24(34)28-14-20(30)21(31)16(5)23(33)27-13-15(3)4;1-7-5-3-2-4-6-7/h10-12,15-16,20-21,30-31H,6-9,13-14H2,1-5H3,(H2,26,32)(H,27,33)(H,28,34);2-6H,1H3. The number of amides is 4. The normalized spacial score (nSPS) is 12.8. The molecule has 2 rings (SSSR count). The summed E-state index contributed by atoms with van der Waals surface area (Å²) in [5.74, 6) is -2.84. The Morgan fingerprint density at radius 1 is 0.833 bits per heavy atom. The second-order valence-corrected chi connectivity index (χ2v) is 10.8. The van der Waals surface area contributed by atoms with Gasteiger partial charge in [-0.2, -0.15) is 0 Å². The third-order valence-corrected chi connectivity index (χ3v) is 6.42. The zero-order chi connectivity index (χ0) is 31.8. The second-order valence-electron chi connectivity index (χ2n) is 10.8. The average Bonchev–Trinajstić information content (AvgIpc) is 2.97. The molecular formula is C32H48N4O6. The molecule has 10 nitrogen and oxygen atoms in total. The topological polar surface area (TPSA) is 162 Å². The Balaban J connectivity index is 0.00000109. The maximum absolute atomic E-state index is 13.0. The SMILES string of the molecule is CCCN(CCC)C(=O)c1cc(C(N)=O)cc(C(=O)NCC(O)C(O)C(C)C(=O)NCC(C)C)c1.Cc1ccccc1. The molecule has 0 spiro atoms. The highest BCUT2D eigenvalue weighted by Crippen LogP contribution is 2.15. The van der Waals surface area contributed by atoms with E-state index in [0.717, 1.165) is 12.8 Å². The molecule has 0 heterocycles. The Morgan fingerprint density at radius 2 is 1.38 bits per heavy atom. The minimum absolute atomic E-state index is 0.00461. The molecule has 0 aliphatic carbocycles. The number of nitrogens with zero attached hydrogens (tertiary/aromatic N) is 1. The quantitative estimate of drug-likeness (QED) is 0.229. The van der Waals surface area contributed by atoms with Gasteiger partial charge < -0.3 is 31.5 Å². The predicted molar refractivity (Wildman–Crippen MR) is 164 cm³/mol. The molecule has 4 amide bonds. The number of aliphatic hydroxyl groups is 2. The Hall–Kier alpha value is -3.76. The maximum Gasteiger partial charge on any atom is 0.253 e.